The van der Waals surface area contributed by atoms with Crippen LogP contribution in [-0.2, 0) is 14.4 Å². The number of carbonyl (C=O) groups excluding carboxylic acids is 3. The van der Waals surface area contributed by atoms with E-state index in [4.69, 9.17) is 0 Å². The number of rotatable bonds is 0. The number of allylic oxidation sites excluding steroid dienone is 4. The van der Waals surface area contributed by atoms with Crippen molar-refractivity contribution in [2.24, 2.45) is 22.2 Å². The molecule has 0 saturated heterocycles. The average molecular weight is 286 g/mol. The van der Waals surface area contributed by atoms with Crippen LogP contribution in [-0.4, -0.2) is 17.3 Å². The number of carbonyl (C=O) groups is 3. The van der Waals surface area contributed by atoms with Crippen LogP contribution in [0.2, 0.25) is 0 Å². The fourth-order valence-corrected chi connectivity index (χ4v) is 4.99. The zero-order chi connectivity index (χ0) is 15.6. The van der Waals surface area contributed by atoms with Crippen molar-refractivity contribution in [1.29, 1.82) is 0 Å². The van der Waals surface area contributed by atoms with Gasteiger partial charge in [0, 0.05) is 35.0 Å². The molecule has 2 fully saturated rings. The Bertz CT molecular complexity index is 622. The Balaban J connectivity index is 2.20. The molecule has 1 unspecified atom stereocenters. The van der Waals surface area contributed by atoms with E-state index in [1.165, 1.54) is 0 Å². The van der Waals surface area contributed by atoms with Gasteiger partial charge in [0.1, 0.15) is 11.6 Å². The molecule has 3 nitrogen and oxygen atoms in total. The fourth-order valence-electron chi connectivity index (χ4n) is 4.99. The normalized spacial score (nSPS) is 41.4. The minimum absolute atomic E-state index is 0.00787. The lowest BCUT2D eigenvalue weighted by atomic mass is 9.44. The van der Waals surface area contributed by atoms with Gasteiger partial charge in [0.2, 0.25) is 0 Å². The molecule has 21 heavy (non-hydrogen) atoms. The van der Waals surface area contributed by atoms with Gasteiger partial charge in [-0.3, -0.25) is 14.4 Å². The summed E-state index contributed by atoms with van der Waals surface area (Å²) in [5.74, 6) is 0.00536. The van der Waals surface area contributed by atoms with Crippen LogP contribution in [0, 0.1) is 22.2 Å². The van der Waals surface area contributed by atoms with Crippen LogP contribution >= 0.6 is 0 Å². The Morgan fingerprint density at radius 2 is 1.76 bits per heavy atom. The average Bonchev–Trinajstić information content (AvgIpc) is 2.36. The van der Waals surface area contributed by atoms with E-state index >= 15 is 0 Å². The maximum Gasteiger partial charge on any atom is 0.178 e. The van der Waals surface area contributed by atoms with Gasteiger partial charge >= 0.3 is 0 Å². The number of hydrogen-bond donors (Lipinski definition) is 0. The van der Waals surface area contributed by atoms with Crippen molar-refractivity contribution in [1.82, 2.24) is 0 Å². The van der Waals surface area contributed by atoms with Crippen molar-refractivity contribution in [2.75, 3.05) is 0 Å². The fraction of sp³-hybridized carbons (Fsp3) is 0.611. The van der Waals surface area contributed by atoms with Crippen LogP contribution in [0.4, 0.5) is 0 Å². The van der Waals surface area contributed by atoms with Crippen molar-refractivity contribution in [3.8, 4) is 0 Å². The molecule has 3 rings (SSSR count). The molecule has 0 aromatic heterocycles. The molecule has 0 radical (unpaired) electrons. The quantitative estimate of drug-likeness (QED) is 0.687. The predicted octanol–water partition coefficient (Wildman–Crippen LogP) is 3.04. The summed E-state index contributed by atoms with van der Waals surface area (Å²) in [6, 6.07) is 0. The van der Waals surface area contributed by atoms with Crippen LogP contribution in [0.15, 0.2) is 23.8 Å². The topological polar surface area (TPSA) is 51.2 Å². The molecule has 0 amide bonds. The van der Waals surface area contributed by atoms with E-state index in [1.54, 1.807) is 12.2 Å². The molecular weight excluding hydrogens is 264 g/mol. The monoisotopic (exact) mass is 286 g/mol. The molecule has 3 heteroatoms. The largest absolute Gasteiger partial charge is 0.299 e. The molecule has 112 valence electrons. The summed E-state index contributed by atoms with van der Waals surface area (Å²) in [5.41, 5.74) is -0.349. The Morgan fingerprint density at radius 3 is 2.43 bits per heavy atom. The van der Waals surface area contributed by atoms with Gasteiger partial charge in [-0.05, 0) is 24.1 Å². The van der Waals surface area contributed by atoms with Gasteiger partial charge in [-0.2, -0.15) is 0 Å². The van der Waals surface area contributed by atoms with E-state index in [0.717, 1.165) is 5.57 Å². The molecule has 0 aromatic rings. The predicted molar refractivity (Wildman–Crippen MR) is 79.6 cm³/mol. The highest BCUT2D eigenvalue weighted by molar-refractivity contribution is 6.03. The molecular formula is C18H22O3. The molecule has 2 saturated carbocycles. The van der Waals surface area contributed by atoms with Gasteiger partial charge in [0.15, 0.2) is 5.78 Å². The number of ketones is 3. The van der Waals surface area contributed by atoms with Gasteiger partial charge in [-0.15, -0.1) is 0 Å². The maximum atomic E-state index is 12.8. The standard InChI is InChI=1S/C18H22O3/c1-16(2)14(21)6-8-18(4)13-9-11(19)5-7-17(13,3)10-12(20)15(16)18/h5,7,9,15H,6,8,10H2,1-4H3/t15?,17-,18-/m1/s1. The second kappa shape index (κ2) is 4.02. The van der Waals surface area contributed by atoms with E-state index in [0.29, 0.717) is 19.3 Å². The van der Waals surface area contributed by atoms with E-state index in [-0.39, 0.29) is 34.1 Å². The third-order valence-electron chi connectivity index (χ3n) is 5.94. The summed E-state index contributed by atoms with van der Waals surface area (Å²) >= 11 is 0. The molecule has 3 aliphatic rings. The highest BCUT2D eigenvalue weighted by Gasteiger charge is 2.61. The van der Waals surface area contributed by atoms with E-state index in [1.807, 2.05) is 26.8 Å². The molecule has 0 spiro atoms. The number of Topliss-reactive ketones (excluding diaryl/α,β-unsaturated/α-hetero) is 2. The second-order valence-corrected chi connectivity index (χ2v) is 7.85. The highest BCUT2D eigenvalue weighted by atomic mass is 16.1. The van der Waals surface area contributed by atoms with Crippen molar-refractivity contribution < 1.29 is 14.4 Å². The first-order chi connectivity index (χ1) is 9.61. The van der Waals surface area contributed by atoms with Gasteiger partial charge in [0.25, 0.3) is 0 Å². The zero-order valence-corrected chi connectivity index (χ0v) is 13.2. The Labute approximate surface area is 125 Å². The summed E-state index contributed by atoms with van der Waals surface area (Å²) in [7, 11) is 0. The van der Waals surface area contributed by atoms with Crippen molar-refractivity contribution in [2.45, 2.75) is 47.0 Å². The van der Waals surface area contributed by atoms with Gasteiger partial charge < -0.3 is 0 Å². The van der Waals surface area contributed by atoms with Crippen LogP contribution in [0.1, 0.15) is 47.0 Å². The summed E-state index contributed by atoms with van der Waals surface area (Å²) in [6.45, 7) is 7.88. The van der Waals surface area contributed by atoms with E-state index < -0.39 is 5.41 Å². The molecule has 3 aliphatic carbocycles. The second-order valence-electron chi connectivity index (χ2n) is 7.85. The van der Waals surface area contributed by atoms with Crippen LogP contribution in [0.3, 0.4) is 0 Å². The molecule has 0 N–H and O–H groups in total. The Morgan fingerprint density at radius 1 is 1.10 bits per heavy atom. The SMILES string of the molecule is CC1(C)C(=O)CC[C@]2(C)C3=CC(=O)C=C[C@]3(C)CC(=O)C12. The van der Waals surface area contributed by atoms with E-state index in [9.17, 15) is 14.4 Å². The minimum Gasteiger partial charge on any atom is -0.299 e. The van der Waals surface area contributed by atoms with Crippen molar-refractivity contribution >= 4 is 17.3 Å². The number of hydrogen-bond acceptors (Lipinski definition) is 3. The van der Waals surface area contributed by atoms with Gasteiger partial charge in [0.05, 0.1) is 0 Å². The van der Waals surface area contributed by atoms with Crippen LogP contribution in [0.5, 0.6) is 0 Å². The molecule has 3 atom stereocenters. The Hall–Kier alpha value is -1.51. The lowest BCUT2D eigenvalue weighted by Gasteiger charge is -2.57. The summed E-state index contributed by atoms with van der Waals surface area (Å²) in [4.78, 5) is 37.0. The maximum absolute atomic E-state index is 12.8. The van der Waals surface area contributed by atoms with Gasteiger partial charge in [-0.25, -0.2) is 0 Å². The zero-order valence-electron chi connectivity index (χ0n) is 13.2. The first-order valence-corrected chi connectivity index (χ1v) is 7.63. The van der Waals surface area contributed by atoms with Crippen molar-refractivity contribution in [3.05, 3.63) is 23.8 Å². The lowest BCUT2D eigenvalue weighted by molar-refractivity contribution is -0.152. The number of fused-ring (bicyclic) bond motifs is 3. The third kappa shape index (κ3) is 1.76. The molecule has 0 aliphatic heterocycles. The van der Waals surface area contributed by atoms with Crippen LogP contribution < -0.4 is 0 Å². The molecule has 0 aromatic carbocycles. The lowest BCUT2D eigenvalue weighted by Crippen LogP contribution is -2.58. The first-order valence-electron chi connectivity index (χ1n) is 7.63. The van der Waals surface area contributed by atoms with E-state index in [2.05, 4.69) is 6.92 Å². The van der Waals surface area contributed by atoms with Gasteiger partial charge in [-0.1, -0.05) is 33.8 Å². The smallest absolute Gasteiger partial charge is 0.178 e. The highest BCUT2D eigenvalue weighted by Crippen LogP contribution is 2.62. The van der Waals surface area contributed by atoms with Crippen LogP contribution in [0.25, 0.3) is 0 Å². The van der Waals surface area contributed by atoms with Crippen molar-refractivity contribution in [3.63, 3.8) is 0 Å². The first kappa shape index (κ1) is 14.4. The summed E-state index contributed by atoms with van der Waals surface area (Å²) in [6.07, 6.45) is 6.70. The molecule has 0 heterocycles. The molecule has 0 bridgehead atoms. The minimum atomic E-state index is -0.642. The Kier molecular flexibility index (Phi) is 2.76. The summed E-state index contributed by atoms with van der Waals surface area (Å²) < 4.78 is 0. The third-order valence-corrected chi connectivity index (χ3v) is 5.94. The summed E-state index contributed by atoms with van der Waals surface area (Å²) in [5, 5.41) is 0.